The molecule has 202 valence electrons. The molecule has 3 rings (SSSR count). The molecule has 1 heterocycles. The highest BCUT2D eigenvalue weighted by Crippen LogP contribution is 2.24. The van der Waals surface area contributed by atoms with Gasteiger partial charge in [-0.3, -0.25) is 0 Å². The Bertz CT molecular complexity index is 1210. The summed E-state index contributed by atoms with van der Waals surface area (Å²) < 4.78 is 10.5. The molecule has 2 unspecified atom stereocenters. The molecule has 0 fully saturated rings. The van der Waals surface area contributed by atoms with E-state index in [4.69, 9.17) is 40.9 Å². The molecule has 12 heteroatoms. The largest absolute Gasteiger partial charge is 0.473 e. The predicted octanol–water partition coefficient (Wildman–Crippen LogP) is 2.70. The summed E-state index contributed by atoms with van der Waals surface area (Å²) in [6, 6.07) is 17.3. The molecule has 2 aromatic carbocycles. The number of esters is 1. The number of nitrogens with one attached hydrogen (secondary N) is 1. The lowest BCUT2D eigenvalue weighted by Gasteiger charge is -2.19. The first kappa shape index (κ1) is 30.2. The van der Waals surface area contributed by atoms with E-state index in [1.165, 1.54) is 13.3 Å². The van der Waals surface area contributed by atoms with Gasteiger partial charge in [0.1, 0.15) is 11.3 Å². The van der Waals surface area contributed by atoms with Gasteiger partial charge in [0, 0.05) is 23.8 Å². The minimum atomic E-state index is -1.82. The number of ether oxygens (including phenoxy) is 2. The third-order valence-electron chi connectivity index (χ3n) is 5.03. The third kappa shape index (κ3) is 9.79. The van der Waals surface area contributed by atoms with Crippen LogP contribution in [0.2, 0.25) is 5.02 Å². The minimum Gasteiger partial charge on any atom is -0.473 e. The molecule has 0 radical (unpaired) electrons. The maximum absolute atomic E-state index is 11.9. The molecule has 0 amide bonds. The number of rotatable bonds is 10. The van der Waals surface area contributed by atoms with Gasteiger partial charge in [-0.05, 0) is 53.9 Å². The van der Waals surface area contributed by atoms with Crippen molar-refractivity contribution in [2.75, 3.05) is 20.3 Å². The molecule has 38 heavy (non-hydrogen) atoms. The van der Waals surface area contributed by atoms with Crippen molar-refractivity contribution in [1.29, 1.82) is 0 Å². The van der Waals surface area contributed by atoms with Gasteiger partial charge >= 0.3 is 17.9 Å². The van der Waals surface area contributed by atoms with Crippen LogP contribution in [0, 0.1) is 0 Å². The molecule has 0 saturated carbocycles. The number of aliphatic carboxylic acids is 2. The highest BCUT2D eigenvalue weighted by Gasteiger charge is 2.16. The standard InChI is InChI=1S/C24H25ClN2O5.C2H2O4/c1-31-24(30)21-6-3-11-26-23(21)32-20-9-7-16(8-10-20)12-19(15-28)27-14-22(29)17-4-2-5-18(25)13-17;3-1(4)2(5)6/h2-11,13,19,22,27-29H,12,14-15H2,1H3;(H,3,4)(H,5,6). The molecular formula is C26H27ClN2O9. The topological polar surface area (TPSA) is 176 Å². The average molecular weight is 547 g/mol. The molecule has 0 saturated heterocycles. The number of aliphatic hydroxyl groups is 2. The van der Waals surface area contributed by atoms with Crippen LogP contribution in [0.15, 0.2) is 66.9 Å². The zero-order chi connectivity index (χ0) is 28.1. The van der Waals surface area contributed by atoms with E-state index in [1.54, 1.807) is 48.5 Å². The number of hydrogen-bond acceptors (Lipinski definition) is 9. The summed E-state index contributed by atoms with van der Waals surface area (Å²) in [5.41, 5.74) is 1.92. The van der Waals surface area contributed by atoms with Gasteiger partial charge in [0.05, 0.1) is 19.8 Å². The number of benzene rings is 2. The molecule has 5 N–H and O–H groups in total. The fraction of sp³-hybridized carbons (Fsp3) is 0.231. The number of halogens is 1. The normalized spacial score (nSPS) is 11.9. The van der Waals surface area contributed by atoms with E-state index in [0.29, 0.717) is 22.8 Å². The summed E-state index contributed by atoms with van der Waals surface area (Å²) >= 11 is 5.97. The van der Waals surface area contributed by atoms with Crippen molar-refractivity contribution in [3.05, 3.63) is 88.6 Å². The van der Waals surface area contributed by atoms with Crippen LogP contribution in [-0.2, 0) is 20.7 Å². The lowest BCUT2D eigenvalue weighted by atomic mass is 10.1. The lowest BCUT2D eigenvalue weighted by molar-refractivity contribution is -0.159. The van der Waals surface area contributed by atoms with Crippen LogP contribution in [0.1, 0.15) is 27.6 Å². The summed E-state index contributed by atoms with van der Waals surface area (Å²) in [7, 11) is 1.30. The van der Waals surface area contributed by atoms with Crippen molar-refractivity contribution in [2.24, 2.45) is 0 Å². The molecule has 0 bridgehead atoms. The number of carboxylic acids is 2. The smallest absolute Gasteiger partial charge is 0.414 e. The van der Waals surface area contributed by atoms with Crippen LogP contribution in [0.5, 0.6) is 11.6 Å². The summed E-state index contributed by atoms with van der Waals surface area (Å²) in [6.45, 7) is 0.194. The van der Waals surface area contributed by atoms with Crippen molar-refractivity contribution in [3.8, 4) is 11.6 Å². The number of carboxylic acid groups (broad SMARTS) is 2. The van der Waals surface area contributed by atoms with Gasteiger partial charge in [-0.1, -0.05) is 35.9 Å². The molecule has 2 atom stereocenters. The van der Waals surface area contributed by atoms with E-state index < -0.39 is 24.0 Å². The lowest BCUT2D eigenvalue weighted by Crippen LogP contribution is -2.37. The quantitative estimate of drug-likeness (QED) is 0.187. The minimum absolute atomic E-state index is 0.0864. The SMILES string of the molecule is COC(=O)c1cccnc1Oc1ccc(CC(CO)NCC(O)c2cccc(Cl)c2)cc1.O=C(O)C(=O)O. The molecule has 11 nitrogen and oxygen atoms in total. The predicted molar refractivity (Wildman–Crippen MR) is 136 cm³/mol. The van der Waals surface area contributed by atoms with Crippen LogP contribution >= 0.6 is 11.6 Å². The van der Waals surface area contributed by atoms with Gasteiger partial charge in [-0.15, -0.1) is 0 Å². The second-order valence-electron chi connectivity index (χ2n) is 7.77. The monoisotopic (exact) mass is 546 g/mol. The van der Waals surface area contributed by atoms with E-state index in [1.807, 2.05) is 12.1 Å². The van der Waals surface area contributed by atoms with Crippen molar-refractivity contribution in [1.82, 2.24) is 10.3 Å². The van der Waals surface area contributed by atoms with Gasteiger partial charge < -0.3 is 35.2 Å². The average Bonchev–Trinajstić information content (AvgIpc) is 2.92. The number of aliphatic hydroxyl groups excluding tert-OH is 2. The highest BCUT2D eigenvalue weighted by molar-refractivity contribution is 6.30. The Labute approximate surface area is 223 Å². The maximum atomic E-state index is 11.9. The zero-order valence-corrected chi connectivity index (χ0v) is 21.0. The van der Waals surface area contributed by atoms with E-state index in [9.17, 15) is 15.0 Å². The molecule has 0 spiro atoms. The molecular weight excluding hydrogens is 520 g/mol. The van der Waals surface area contributed by atoms with Crippen molar-refractivity contribution in [3.63, 3.8) is 0 Å². The summed E-state index contributed by atoms with van der Waals surface area (Å²) in [6.07, 6.45) is 1.35. The Morgan fingerprint density at radius 1 is 1.03 bits per heavy atom. The van der Waals surface area contributed by atoms with Crippen molar-refractivity contribution < 1.29 is 44.3 Å². The van der Waals surface area contributed by atoms with Gasteiger partial charge in [0.25, 0.3) is 0 Å². The second-order valence-corrected chi connectivity index (χ2v) is 8.20. The van der Waals surface area contributed by atoms with Crippen molar-refractivity contribution >= 4 is 29.5 Å². The fourth-order valence-electron chi connectivity index (χ4n) is 3.14. The number of methoxy groups -OCH3 is 1. The van der Waals surface area contributed by atoms with Crippen LogP contribution < -0.4 is 10.1 Å². The Morgan fingerprint density at radius 2 is 1.71 bits per heavy atom. The fourth-order valence-corrected chi connectivity index (χ4v) is 3.34. The van der Waals surface area contributed by atoms with E-state index >= 15 is 0 Å². The van der Waals surface area contributed by atoms with Crippen LogP contribution in [0.3, 0.4) is 0 Å². The molecule has 0 aliphatic heterocycles. The van der Waals surface area contributed by atoms with Crippen LogP contribution in [-0.4, -0.2) is 69.6 Å². The van der Waals surface area contributed by atoms with E-state index in [2.05, 4.69) is 10.3 Å². The van der Waals surface area contributed by atoms with Gasteiger partial charge in [0.2, 0.25) is 5.88 Å². The second kappa shape index (κ2) is 15.3. The molecule has 0 aliphatic carbocycles. The Kier molecular flexibility index (Phi) is 12.1. The Hall–Kier alpha value is -4.03. The Morgan fingerprint density at radius 3 is 2.29 bits per heavy atom. The number of hydrogen-bond donors (Lipinski definition) is 5. The number of carbonyl (C=O) groups is 3. The van der Waals surface area contributed by atoms with Crippen molar-refractivity contribution in [2.45, 2.75) is 18.6 Å². The highest BCUT2D eigenvalue weighted by atomic mass is 35.5. The first-order valence-electron chi connectivity index (χ1n) is 11.2. The van der Waals surface area contributed by atoms with E-state index in [0.717, 1.165) is 5.56 Å². The molecule has 1 aromatic heterocycles. The number of pyridine rings is 1. The summed E-state index contributed by atoms with van der Waals surface area (Å²) in [4.78, 5) is 34.2. The number of carbonyl (C=O) groups excluding carboxylic acids is 1. The van der Waals surface area contributed by atoms with Gasteiger partial charge in [-0.2, -0.15) is 0 Å². The first-order valence-corrected chi connectivity index (χ1v) is 11.6. The zero-order valence-electron chi connectivity index (χ0n) is 20.3. The Balaban J connectivity index is 0.000000757. The molecule has 0 aliphatic rings. The van der Waals surface area contributed by atoms with Crippen LogP contribution in [0.4, 0.5) is 0 Å². The maximum Gasteiger partial charge on any atom is 0.414 e. The van der Waals surface area contributed by atoms with Gasteiger partial charge in [-0.25, -0.2) is 19.4 Å². The molecule has 3 aromatic rings. The third-order valence-corrected chi connectivity index (χ3v) is 5.27. The van der Waals surface area contributed by atoms with E-state index in [-0.39, 0.29) is 30.6 Å². The first-order chi connectivity index (χ1) is 18.1. The number of nitrogens with zero attached hydrogens (tertiary/aromatic N) is 1. The number of aromatic nitrogens is 1. The van der Waals surface area contributed by atoms with Crippen LogP contribution in [0.25, 0.3) is 0 Å². The summed E-state index contributed by atoms with van der Waals surface area (Å²) in [5, 5.41) is 38.6. The van der Waals surface area contributed by atoms with Gasteiger partial charge in [0.15, 0.2) is 0 Å². The summed E-state index contributed by atoms with van der Waals surface area (Å²) in [5.74, 6) is -3.49.